The van der Waals surface area contributed by atoms with Crippen molar-refractivity contribution in [2.24, 2.45) is 4.99 Å². The summed E-state index contributed by atoms with van der Waals surface area (Å²) in [5.41, 5.74) is 0.498. The van der Waals surface area contributed by atoms with Crippen molar-refractivity contribution >= 4 is 46.1 Å². The van der Waals surface area contributed by atoms with Gasteiger partial charge in [0.25, 0.3) is 11.8 Å². The molecule has 36 heavy (non-hydrogen) atoms. The first-order valence-corrected chi connectivity index (χ1v) is 12.3. The van der Waals surface area contributed by atoms with Gasteiger partial charge in [-0.2, -0.15) is 8.78 Å². The van der Waals surface area contributed by atoms with Crippen LogP contribution in [-0.2, 0) is 19.2 Å². The summed E-state index contributed by atoms with van der Waals surface area (Å²) in [7, 11) is 1.40. The molecule has 1 aromatic carbocycles. The standard InChI is InChI=1S/C22H28F3N5O5S/c1-3-28(7-8-30(34-2)19(31)11-18-26-6-9-36-18)17-5-4-14(10-16(17)23)29-13-15(35-22(29)33)12-27-21(32)20(24)25/h4-5,10,15,20H,3,6-9,11-13H2,1-2H3,(H,27,32)/t15-/m0/s1. The molecule has 1 saturated heterocycles. The van der Waals surface area contributed by atoms with Crippen LogP contribution in [0, 0.1) is 5.82 Å². The van der Waals surface area contributed by atoms with Crippen molar-refractivity contribution in [1.82, 2.24) is 10.4 Å². The van der Waals surface area contributed by atoms with E-state index in [0.29, 0.717) is 19.6 Å². The quantitative estimate of drug-likeness (QED) is 0.413. The Morgan fingerprint density at radius 1 is 1.36 bits per heavy atom. The lowest BCUT2D eigenvalue weighted by atomic mass is 10.2. The van der Waals surface area contributed by atoms with E-state index in [1.807, 2.05) is 12.2 Å². The fourth-order valence-corrected chi connectivity index (χ4v) is 4.56. The predicted octanol–water partition coefficient (Wildman–Crippen LogP) is 2.28. The molecule has 0 aliphatic carbocycles. The van der Waals surface area contributed by atoms with Crippen LogP contribution in [0.25, 0.3) is 0 Å². The molecule has 1 aromatic rings. The van der Waals surface area contributed by atoms with Crippen LogP contribution in [-0.4, -0.2) is 92.7 Å². The van der Waals surface area contributed by atoms with E-state index in [4.69, 9.17) is 9.57 Å². The zero-order valence-corrected chi connectivity index (χ0v) is 20.7. The van der Waals surface area contributed by atoms with Gasteiger partial charge in [0.05, 0.1) is 49.6 Å². The molecular weight excluding hydrogens is 503 g/mol. The number of ether oxygens (including phenoxy) is 1. The summed E-state index contributed by atoms with van der Waals surface area (Å²) >= 11 is 1.54. The molecule has 0 radical (unpaired) electrons. The molecule has 198 valence electrons. The molecule has 0 spiro atoms. The number of amides is 3. The van der Waals surface area contributed by atoms with Crippen molar-refractivity contribution in [3.63, 3.8) is 0 Å². The summed E-state index contributed by atoms with van der Waals surface area (Å²) in [6.07, 6.45) is -4.63. The normalized spacial score (nSPS) is 17.3. The van der Waals surface area contributed by atoms with E-state index in [9.17, 15) is 23.2 Å². The Hall–Kier alpha value is -3.00. The zero-order valence-electron chi connectivity index (χ0n) is 19.9. The fraction of sp³-hybridized carbons (Fsp3) is 0.545. The molecule has 3 amide bonds. The van der Waals surface area contributed by atoms with E-state index < -0.39 is 30.3 Å². The number of likely N-dealkylation sites (N-methyl/N-ethyl adjacent to an activating group) is 1. The molecule has 0 saturated carbocycles. The van der Waals surface area contributed by atoms with Gasteiger partial charge in [-0.1, -0.05) is 0 Å². The van der Waals surface area contributed by atoms with Gasteiger partial charge in [0, 0.05) is 25.4 Å². The maximum Gasteiger partial charge on any atom is 0.414 e. The van der Waals surface area contributed by atoms with Gasteiger partial charge in [-0.3, -0.25) is 24.3 Å². The van der Waals surface area contributed by atoms with Crippen LogP contribution in [0.2, 0.25) is 0 Å². The number of carbonyl (C=O) groups excluding carboxylic acids is 3. The number of aliphatic imine (C=N–C) groups is 1. The summed E-state index contributed by atoms with van der Waals surface area (Å²) < 4.78 is 44.8. The number of nitrogens with zero attached hydrogens (tertiary/aromatic N) is 4. The number of rotatable bonds is 12. The van der Waals surface area contributed by atoms with E-state index in [1.54, 1.807) is 16.7 Å². The van der Waals surface area contributed by atoms with Crippen LogP contribution in [0.4, 0.5) is 29.3 Å². The van der Waals surface area contributed by atoms with Gasteiger partial charge >= 0.3 is 12.5 Å². The maximum atomic E-state index is 15.1. The van der Waals surface area contributed by atoms with Crippen LogP contribution >= 0.6 is 11.8 Å². The van der Waals surface area contributed by atoms with E-state index in [1.165, 1.54) is 30.4 Å². The fourth-order valence-electron chi connectivity index (χ4n) is 3.73. The van der Waals surface area contributed by atoms with Crippen LogP contribution in [0.5, 0.6) is 0 Å². The first-order valence-electron chi connectivity index (χ1n) is 11.3. The minimum atomic E-state index is -3.17. The smallest absolute Gasteiger partial charge is 0.414 e. The third-order valence-electron chi connectivity index (χ3n) is 5.56. The SMILES string of the molecule is CCN(CCN(OC)C(=O)CC1=NCCS1)c1ccc(N2C[C@H](CNC(=O)C(F)F)OC2=O)cc1F. The summed E-state index contributed by atoms with van der Waals surface area (Å²) in [4.78, 5) is 48.1. The number of halogens is 3. The van der Waals surface area contributed by atoms with Crippen LogP contribution in [0.1, 0.15) is 13.3 Å². The Morgan fingerprint density at radius 3 is 2.75 bits per heavy atom. The van der Waals surface area contributed by atoms with E-state index in [2.05, 4.69) is 4.99 Å². The maximum absolute atomic E-state index is 15.1. The number of hydrogen-bond acceptors (Lipinski definition) is 8. The molecule has 2 aliphatic heterocycles. The Balaban J connectivity index is 1.59. The number of anilines is 2. The number of hydroxylamine groups is 2. The number of cyclic esters (lactones) is 1. The van der Waals surface area contributed by atoms with Crippen LogP contribution < -0.4 is 15.1 Å². The van der Waals surface area contributed by atoms with Crippen molar-refractivity contribution in [1.29, 1.82) is 0 Å². The van der Waals surface area contributed by atoms with E-state index in [-0.39, 0.29) is 43.3 Å². The largest absolute Gasteiger partial charge is 0.442 e. The molecule has 1 N–H and O–H groups in total. The molecule has 0 unspecified atom stereocenters. The number of benzene rings is 1. The number of alkyl halides is 2. The summed E-state index contributed by atoms with van der Waals surface area (Å²) in [5.74, 6) is -1.42. The van der Waals surface area contributed by atoms with Crippen LogP contribution in [0.3, 0.4) is 0 Å². The van der Waals surface area contributed by atoms with E-state index >= 15 is 4.39 Å². The van der Waals surface area contributed by atoms with Crippen LogP contribution in [0.15, 0.2) is 23.2 Å². The Labute approximate surface area is 210 Å². The minimum absolute atomic E-state index is 0.0346. The second kappa shape index (κ2) is 12.8. The average Bonchev–Trinajstić information content (AvgIpc) is 3.50. The third-order valence-corrected chi connectivity index (χ3v) is 6.56. The Morgan fingerprint density at radius 2 is 2.14 bits per heavy atom. The third kappa shape index (κ3) is 7.03. The van der Waals surface area contributed by atoms with Gasteiger partial charge in [-0.15, -0.1) is 11.8 Å². The van der Waals surface area contributed by atoms with Gasteiger partial charge < -0.3 is 15.0 Å². The highest BCUT2D eigenvalue weighted by Gasteiger charge is 2.33. The zero-order chi connectivity index (χ0) is 26.2. The molecular formula is C22H28F3N5O5S. The average molecular weight is 532 g/mol. The second-order valence-electron chi connectivity index (χ2n) is 7.86. The van der Waals surface area contributed by atoms with Gasteiger partial charge in [0.2, 0.25) is 0 Å². The van der Waals surface area contributed by atoms with Gasteiger partial charge in [0.1, 0.15) is 11.9 Å². The van der Waals surface area contributed by atoms with Crippen molar-refractivity contribution in [3.8, 4) is 0 Å². The topological polar surface area (TPSA) is 104 Å². The highest BCUT2D eigenvalue weighted by Crippen LogP contribution is 2.28. The van der Waals surface area contributed by atoms with Gasteiger partial charge in [0.15, 0.2) is 0 Å². The molecule has 3 rings (SSSR count). The van der Waals surface area contributed by atoms with Gasteiger partial charge in [-0.25, -0.2) is 14.2 Å². The number of carbonyl (C=O) groups is 3. The number of thioether (sulfide) groups is 1. The number of hydrogen-bond donors (Lipinski definition) is 1. The van der Waals surface area contributed by atoms with Gasteiger partial charge in [-0.05, 0) is 25.1 Å². The minimum Gasteiger partial charge on any atom is -0.442 e. The molecule has 0 aromatic heterocycles. The van der Waals surface area contributed by atoms with Crippen molar-refractivity contribution in [2.45, 2.75) is 25.9 Å². The molecule has 10 nitrogen and oxygen atoms in total. The molecule has 2 aliphatic rings. The molecule has 1 fully saturated rings. The molecule has 1 atom stereocenters. The van der Waals surface area contributed by atoms with Crippen molar-refractivity contribution in [3.05, 3.63) is 24.0 Å². The second-order valence-corrected chi connectivity index (χ2v) is 9.02. The lowest BCUT2D eigenvalue weighted by Gasteiger charge is -2.28. The monoisotopic (exact) mass is 531 g/mol. The summed E-state index contributed by atoms with van der Waals surface area (Å²) in [5, 5.41) is 3.99. The van der Waals surface area contributed by atoms with Crippen molar-refractivity contribution in [2.75, 3.05) is 61.9 Å². The van der Waals surface area contributed by atoms with Crippen molar-refractivity contribution < 1.29 is 37.1 Å². The summed E-state index contributed by atoms with van der Waals surface area (Å²) in [6.45, 7) is 3.17. The molecule has 0 bridgehead atoms. The molecule has 2 heterocycles. The van der Waals surface area contributed by atoms with E-state index in [0.717, 1.165) is 15.7 Å². The first-order chi connectivity index (χ1) is 17.2. The Bertz CT molecular complexity index is 999. The first kappa shape index (κ1) is 27.6. The lowest BCUT2D eigenvalue weighted by molar-refractivity contribution is -0.173. The summed E-state index contributed by atoms with van der Waals surface area (Å²) in [6, 6.07) is 4.22. The lowest BCUT2D eigenvalue weighted by Crippen LogP contribution is -2.39. The number of nitrogens with one attached hydrogen (secondary N) is 1. The highest BCUT2D eigenvalue weighted by molar-refractivity contribution is 8.14. The molecule has 14 heteroatoms. The highest BCUT2D eigenvalue weighted by atomic mass is 32.2. The predicted molar refractivity (Wildman–Crippen MR) is 129 cm³/mol. The Kier molecular flexibility index (Phi) is 9.81.